The summed E-state index contributed by atoms with van der Waals surface area (Å²) in [6.07, 6.45) is 1.29. The zero-order valence-corrected chi connectivity index (χ0v) is 22.3. The fourth-order valence-electron chi connectivity index (χ4n) is 2.90. The maximum absolute atomic E-state index is 12.3. The molecule has 0 unspecified atom stereocenters. The first-order valence-electron chi connectivity index (χ1n) is 10.5. The van der Waals surface area contributed by atoms with Gasteiger partial charge in [-0.15, -0.1) is 0 Å². The first-order valence-corrected chi connectivity index (χ1v) is 12.1. The van der Waals surface area contributed by atoms with Crippen LogP contribution in [0.5, 0.6) is 5.75 Å². The van der Waals surface area contributed by atoms with Crippen molar-refractivity contribution in [2.24, 2.45) is 5.10 Å². The number of hydrogen-bond donors (Lipinski definition) is 3. The third-order valence-corrected chi connectivity index (χ3v) is 6.21. The fourth-order valence-corrected chi connectivity index (χ4v) is 3.63. The number of amides is 3. The van der Waals surface area contributed by atoms with Crippen LogP contribution < -0.4 is 20.8 Å². The van der Waals surface area contributed by atoms with E-state index < -0.39 is 11.8 Å². The second-order valence-corrected chi connectivity index (χ2v) is 9.27. The zero-order valence-electron chi connectivity index (χ0n) is 19.2. The molecule has 0 spiro atoms. The summed E-state index contributed by atoms with van der Waals surface area (Å²) in [5, 5.41) is 9.30. The monoisotopic (exact) mass is 590 g/mol. The first-order chi connectivity index (χ1) is 17.1. The SMILES string of the molecule is Cc1ccc(NC(=O)COc2ccc(Br)cc2/C=N\NC(=O)C(=O)Nc2cccc(Cl)c2Cl)cc1C. The van der Waals surface area contributed by atoms with Crippen LogP contribution in [0.25, 0.3) is 0 Å². The van der Waals surface area contributed by atoms with E-state index in [9.17, 15) is 14.4 Å². The van der Waals surface area contributed by atoms with Crippen molar-refractivity contribution in [2.75, 3.05) is 17.2 Å². The van der Waals surface area contributed by atoms with Crippen molar-refractivity contribution in [1.82, 2.24) is 5.43 Å². The third-order valence-electron chi connectivity index (χ3n) is 4.90. The lowest BCUT2D eigenvalue weighted by molar-refractivity contribution is -0.136. The van der Waals surface area contributed by atoms with Crippen LogP contribution in [0.15, 0.2) is 64.2 Å². The summed E-state index contributed by atoms with van der Waals surface area (Å²) in [7, 11) is 0. The van der Waals surface area contributed by atoms with Crippen molar-refractivity contribution < 1.29 is 19.1 Å². The van der Waals surface area contributed by atoms with E-state index in [-0.39, 0.29) is 28.2 Å². The number of anilines is 2. The van der Waals surface area contributed by atoms with E-state index in [4.69, 9.17) is 27.9 Å². The lowest BCUT2D eigenvalue weighted by Gasteiger charge is -2.11. The minimum Gasteiger partial charge on any atom is -0.483 e. The van der Waals surface area contributed by atoms with E-state index in [1.165, 1.54) is 12.3 Å². The molecule has 3 aromatic carbocycles. The number of ether oxygens (including phenoxy) is 1. The second-order valence-electron chi connectivity index (χ2n) is 7.57. The van der Waals surface area contributed by atoms with Gasteiger partial charge in [0, 0.05) is 15.7 Å². The highest BCUT2D eigenvalue weighted by atomic mass is 79.9. The van der Waals surface area contributed by atoms with Gasteiger partial charge in [0.2, 0.25) is 0 Å². The Balaban J connectivity index is 1.59. The van der Waals surface area contributed by atoms with E-state index in [1.54, 1.807) is 30.3 Å². The maximum atomic E-state index is 12.3. The van der Waals surface area contributed by atoms with Crippen molar-refractivity contribution in [3.8, 4) is 5.75 Å². The van der Waals surface area contributed by atoms with Gasteiger partial charge in [-0.1, -0.05) is 51.3 Å². The van der Waals surface area contributed by atoms with E-state index in [1.807, 2.05) is 32.0 Å². The first kappa shape index (κ1) is 27.2. The zero-order chi connectivity index (χ0) is 26.2. The Morgan fingerprint density at radius 1 is 0.972 bits per heavy atom. The Hall–Kier alpha value is -3.40. The van der Waals surface area contributed by atoms with Crippen LogP contribution in [0.3, 0.4) is 0 Å². The molecule has 0 bridgehead atoms. The Morgan fingerprint density at radius 2 is 1.75 bits per heavy atom. The quantitative estimate of drug-likeness (QED) is 0.192. The van der Waals surface area contributed by atoms with Crippen LogP contribution in [-0.2, 0) is 14.4 Å². The predicted molar refractivity (Wildman–Crippen MR) is 145 cm³/mol. The van der Waals surface area contributed by atoms with Crippen LogP contribution in [0.2, 0.25) is 10.0 Å². The van der Waals surface area contributed by atoms with Gasteiger partial charge in [0.25, 0.3) is 5.91 Å². The Bertz CT molecular complexity index is 1350. The molecule has 3 amide bonds. The van der Waals surface area contributed by atoms with Crippen molar-refractivity contribution >= 4 is 74.4 Å². The van der Waals surface area contributed by atoms with E-state index in [0.717, 1.165) is 15.6 Å². The molecular weight excluding hydrogens is 571 g/mol. The largest absolute Gasteiger partial charge is 0.483 e. The molecule has 0 fully saturated rings. The standard InChI is InChI=1S/C25H21BrCl2N4O4/c1-14-6-8-18(10-15(14)2)30-22(33)13-36-21-9-7-17(26)11-16(21)12-29-32-25(35)24(34)31-20-5-3-4-19(27)23(20)28/h3-12H,13H2,1-2H3,(H,30,33)(H,31,34)(H,32,35)/b29-12-. The summed E-state index contributed by atoms with van der Waals surface area (Å²) < 4.78 is 6.36. The van der Waals surface area contributed by atoms with Gasteiger partial charge >= 0.3 is 11.8 Å². The van der Waals surface area contributed by atoms with Gasteiger partial charge in [0.15, 0.2) is 6.61 Å². The molecule has 3 N–H and O–H groups in total. The predicted octanol–water partition coefficient (Wildman–Crippen LogP) is 5.48. The van der Waals surface area contributed by atoms with Gasteiger partial charge in [-0.05, 0) is 67.4 Å². The smallest absolute Gasteiger partial charge is 0.329 e. The van der Waals surface area contributed by atoms with Crippen LogP contribution in [0, 0.1) is 13.8 Å². The molecule has 0 aliphatic heterocycles. The van der Waals surface area contributed by atoms with E-state index >= 15 is 0 Å². The molecule has 0 aliphatic carbocycles. The Kier molecular flexibility index (Phi) is 9.46. The minimum absolute atomic E-state index is 0.112. The molecule has 0 atom stereocenters. The van der Waals surface area contributed by atoms with Crippen molar-refractivity contribution in [3.05, 3.63) is 85.8 Å². The molecule has 36 heavy (non-hydrogen) atoms. The van der Waals surface area contributed by atoms with Gasteiger partial charge in [-0.2, -0.15) is 5.10 Å². The molecule has 186 valence electrons. The molecule has 3 rings (SSSR count). The van der Waals surface area contributed by atoms with Crippen LogP contribution in [0.1, 0.15) is 16.7 Å². The summed E-state index contributed by atoms with van der Waals surface area (Å²) in [4.78, 5) is 36.6. The van der Waals surface area contributed by atoms with Crippen LogP contribution in [-0.4, -0.2) is 30.5 Å². The molecule has 0 saturated heterocycles. The van der Waals surface area contributed by atoms with Gasteiger partial charge in [0.05, 0.1) is 21.9 Å². The summed E-state index contributed by atoms with van der Waals surface area (Å²) >= 11 is 15.3. The maximum Gasteiger partial charge on any atom is 0.329 e. The van der Waals surface area contributed by atoms with Crippen LogP contribution in [0.4, 0.5) is 11.4 Å². The van der Waals surface area contributed by atoms with Gasteiger partial charge < -0.3 is 15.4 Å². The second kappa shape index (κ2) is 12.5. The fraction of sp³-hybridized carbons (Fsp3) is 0.120. The molecule has 8 nitrogen and oxygen atoms in total. The molecular formula is C25H21BrCl2N4O4. The number of aryl methyl sites for hydroxylation is 2. The Morgan fingerprint density at radius 3 is 2.50 bits per heavy atom. The number of hydrazone groups is 1. The van der Waals surface area contributed by atoms with Crippen molar-refractivity contribution in [2.45, 2.75) is 13.8 Å². The molecule has 0 aliphatic rings. The molecule has 0 heterocycles. The average Bonchev–Trinajstić information content (AvgIpc) is 2.83. The lowest BCUT2D eigenvalue weighted by atomic mass is 10.1. The highest BCUT2D eigenvalue weighted by molar-refractivity contribution is 9.10. The number of benzene rings is 3. The third kappa shape index (κ3) is 7.55. The summed E-state index contributed by atoms with van der Waals surface area (Å²) in [5.74, 6) is -1.99. The van der Waals surface area contributed by atoms with E-state index in [0.29, 0.717) is 17.0 Å². The normalized spacial score (nSPS) is 10.7. The van der Waals surface area contributed by atoms with Crippen molar-refractivity contribution in [1.29, 1.82) is 0 Å². The van der Waals surface area contributed by atoms with Gasteiger partial charge in [-0.3, -0.25) is 14.4 Å². The average molecular weight is 592 g/mol. The number of carbonyl (C=O) groups is 3. The number of nitrogens with zero attached hydrogens (tertiary/aromatic N) is 1. The topological polar surface area (TPSA) is 109 Å². The Labute approximate surface area is 226 Å². The molecule has 0 radical (unpaired) electrons. The number of hydrogen-bond acceptors (Lipinski definition) is 5. The lowest BCUT2D eigenvalue weighted by Crippen LogP contribution is -2.32. The van der Waals surface area contributed by atoms with Crippen LogP contribution >= 0.6 is 39.1 Å². The highest BCUT2D eigenvalue weighted by Crippen LogP contribution is 2.29. The number of nitrogens with one attached hydrogen (secondary N) is 3. The molecule has 11 heteroatoms. The van der Waals surface area contributed by atoms with Gasteiger partial charge in [0.1, 0.15) is 5.75 Å². The highest BCUT2D eigenvalue weighted by Gasteiger charge is 2.15. The molecule has 0 aromatic heterocycles. The van der Waals surface area contributed by atoms with E-state index in [2.05, 4.69) is 37.1 Å². The number of carbonyl (C=O) groups excluding carboxylic acids is 3. The van der Waals surface area contributed by atoms with Crippen molar-refractivity contribution in [3.63, 3.8) is 0 Å². The summed E-state index contributed by atoms with van der Waals surface area (Å²) in [6, 6.07) is 15.3. The summed E-state index contributed by atoms with van der Waals surface area (Å²) in [6.45, 7) is 3.71. The van der Waals surface area contributed by atoms with Gasteiger partial charge in [-0.25, -0.2) is 5.43 Å². The number of rotatable bonds is 7. The minimum atomic E-state index is -1.02. The molecule has 3 aromatic rings. The summed E-state index contributed by atoms with van der Waals surface area (Å²) in [5.41, 5.74) is 5.64. The molecule has 0 saturated carbocycles. The number of halogens is 3.